The first-order valence-corrected chi connectivity index (χ1v) is 7.36. The third-order valence-electron chi connectivity index (χ3n) is 4.39. The number of nitrogens with zero attached hydrogens (tertiary/aromatic N) is 2. The SMILES string of the molecule is Cc1ccc(F)c(-c2nccn2[C@@H]2CO[C@H]3[C@@H]2OC[C@H]3O)c1. The summed E-state index contributed by atoms with van der Waals surface area (Å²) in [5.41, 5.74) is 1.44. The van der Waals surface area contributed by atoms with Crippen LogP contribution in [0.5, 0.6) is 0 Å². The number of imidazole rings is 1. The van der Waals surface area contributed by atoms with Gasteiger partial charge in [-0.2, -0.15) is 0 Å². The average Bonchev–Trinajstić information content (AvgIpc) is 3.19. The predicted octanol–water partition coefficient (Wildman–Crippen LogP) is 1.70. The Balaban J connectivity index is 1.73. The van der Waals surface area contributed by atoms with Crippen LogP contribution in [0.4, 0.5) is 4.39 Å². The summed E-state index contributed by atoms with van der Waals surface area (Å²) in [5, 5.41) is 9.85. The van der Waals surface area contributed by atoms with Crippen molar-refractivity contribution >= 4 is 0 Å². The molecule has 2 saturated heterocycles. The van der Waals surface area contributed by atoms with Gasteiger partial charge in [-0.15, -0.1) is 0 Å². The van der Waals surface area contributed by atoms with Crippen molar-refractivity contribution in [2.75, 3.05) is 13.2 Å². The molecule has 1 aromatic carbocycles. The molecule has 1 aromatic heterocycles. The lowest BCUT2D eigenvalue weighted by atomic mass is 10.1. The topological polar surface area (TPSA) is 56.5 Å². The van der Waals surface area contributed by atoms with Gasteiger partial charge in [0.2, 0.25) is 0 Å². The van der Waals surface area contributed by atoms with E-state index in [9.17, 15) is 9.50 Å². The van der Waals surface area contributed by atoms with Gasteiger partial charge in [0.25, 0.3) is 0 Å². The molecule has 0 unspecified atom stereocenters. The highest BCUT2D eigenvalue weighted by molar-refractivity contribution is 5.58. The summed E-state index contributed by atoms with van der Waals surface area (Å²) in [6.45, 7) is 2.61. The molecule has 0 spiro atoms. The van der Waals surface area contributed by atoms with Gasteiger partial charge in [-0.25, -0.2) is 9.37 Å². The molecule has 4 atom stereocenters. The van der Waals surface area contributed by atoms with E-state index in [-0.39, 0.29) is 30.7 Å². The van der Waals surface area contributed by atoms with Gasteiger partial charge in [-0.1, -0.05) is 11.6 Å². The van der Waals surface area contributed by atoms with Gasteiger partial charge < -0.3 is 19.1 Å². The summed E-state index contributed by atoms with van der Waals surface area (Å²) in [5.74, 6) is 0.251. The van der Waals surface area contributed by atoms with Gasteiger partial charge >= 0.3 is 0 Å². The maximum atomic E-state index is 14.2. The normalized spacial score (nSPS) is 30.7. The molecule has 2 aromatic rings. The van der Waals surface area contributed by atoms with Crippen LogP contribution in [0.2, 0.25) is 0 Å². The Morgan fingerprint density at radius 3 is 2.95 bits per heavy atom. The van der Waals surface area contributed by atoms with Gasteiger partial charge in [0.15, 0.2) is 0 Å². The number of rotatable bonds is 2. The van der Waals surface area contributed by atoms with E-state index >= 15 is 0 Å². The maximum absolute atomic E-state index is 14.2. The Hall–Kier alpha value is -1.76. The Kier molecular flexibility index (Phi) is 3.25. The molecule has 2 fully saturated rings. The molecular formula is C16H17FN2O3. The fourth-order valence-corrected chi connectivity index (χ4v) is 3.30. The minimum atomic E-state index is -0.599. The number of halogens is 1. The predicted molar refractivity (Wildman–Crippen MR) is 76.9 cm³/mol. The van der Waals surface area contributed by atoms with Crippen LogP contribution in [-0.4, -0.2) is 46.2 Å². The van der Waals surface area contributed by atoms with Crippen molar-refractivity contribution in [1.82, 2.24) is 9.55 Å². The number of hydrogen-bond acceptors (Lipinski definition) is 4. The number of fused-ring (bicyclic) bond motifs is 1. The number of aliphatic hydroxyl groups is 1. The van der Waals surface area contributed by atoms with Crippen LogP contribution in [0.25, 0.3) is 11.4 Å². The van der Waals surface area contributed by atoms with E-state index in [0.717, 1.165) is 5.56 Å². The number of aliphatic hydroxyl groups excluding tert-OH is 1. The van der Waals surface area contributed by atoms with Crippen molar-refractivity contribution in [1.29, 1.82) is 0 Å². The van der Waals surface area contributed by atoms with Crippen molar-refractivity contribution in [3.63, 3.8) is 0 Å². The molecule has 0 bridgehead atoms. The molecule has 0 saturated carbocycles. The number of aryl methyl sites for hydroxylation is 1. The van der Waals surface area contributed by atoms with Crippen molar-refractivity contribution in [3.05, 3.63) is 42.0 Å². The highest BCUT2D eigenvalue weighted by Crippen LogP contribution is 2.36. The van der Waals surface area contributed by atoms with Crippen molar-refractivity contribution < 1.29 is 19.0 Å². The highest BCUT2D eigenvalue weighted by atomic mass is 19.1. The molecule has 5 nitrogen and oxygen atoms in total. The van der Waals surface area contributed by atoms with Gasteiger partial charge in [0.05, 0.1) is 24.8 Å². The van der Waals surface area contributed by atoms with E-state index in [0.29, 0.717) is 18.0 Å². The Bertz CT molecular complexity index is 702. The smallest absolute Gasteiger partial charge is 0.143 e. The lowest BCUT2D eigenvalue weighted by Crippen LogP contribution is -2.30. The number of benzene rings is 1. The minimum Gasteiger partial charge on any atom is -0.388 e. The summed E-state index contributed by atoms with van der Waals surface area (Å²) in [6.07, 6.45) is 2.31. The van der Waals surface area contributed by atoms with E-state index in [1.807, 2.05) is 17.7 Å². The molecule has 6 heteroatoms. The van der Waals surface area contributed by atoms with Crippen LogP contribution in [0.3, 0.4) is 0 Å². The Labute approximate surface area is 127 Å². The zero-order chi connectivity index (χ0) is 15.3. The average molecular weight is 304 g/mol. The van der Waals surface area contributed by atoms with Gasteiger partial charge in [-0.05, 0) is 19.1 Å². The van der Waals surface area contributed by atoms with Crippen LogP contribution in [0, 0.1) is 12.7 Å². The molecule has 4 rings (SSSR count). The van der Waals surface area contributed by atoms with Crippen LogP contribution in [0.1, 0.15) is 11.6 Å². The monoisotopic (exact) mass is 304 g/mol. The molecule has 1 N–H and O–H groups in total. The zero-order valence-electron chi connectivity index (χ0n) is 12.1. The third kappa shape index (κ3) is 2.06. The quantitative estimate of drug-likeness (QED) is 0.917. The van der Waals surface area contributed by atoms with E-state index in [4.69, 9.17) is 9.47 Å². The van der Waals surface area contributed by atoms with Crippen molar-refractivity contribution in [2.45, 2.75) is 31.3 Å². The zero-order valence-corrected chi connectivity index (χ0v) is 12.1. The first kappa shape index (κ1) is 13.9. The summed E-state index contributed by atoms with van der Waals surface area (Å²) in [4.78, 5) is 4.32. The standard InChI is InChI=1S/C16H17FN2O3/c1-9-2-3-11(17)10(6-9)16-18-4-5-19(16)12-7-21-15-13(20)8-22-14(12)15/h2-6,12-15,20H,7-8H2,1H3/t12-,13-,14-,15-/m1/s1. The second kappa shape index (κ2) is 5.15. The largest absolute Gasteiger partial charge is 0.388 e. The van der Waals surface area contributed by atoms with Crippen molar-refractivity contribution in [2.24, 2.45) is 0 Å². The molecule has 0 aliphatic carbocycles. The minimum absolute atomic E-state index is 0.112. The van der Waals surface area contributed by atoms with Gasteiger partial charge in [0, 0.05) is 12.4 Å². The Morgan fingerprint density at radius 1 is 1.27 bits per heavy atom. The van der Waals surface area contributed by atoms with Gasteiger partial charge in [-0.3, -0.25) is 0 Å². The summed E-state index contributed by atoms with van der Waals surface area (Å²) < 4.78 is 27.4. The molecule has 116 valence electrons. The fourth-order valence-electron chi connectivity index (χ4n) is 3.30. The lowest BCUT2D eigenvalue weighted by molar-refractivity contribution is 0.0172. The first-order valence-electron chi connectivity index (χ1n) is 7.36. The van der Waals surface area contributed by atoms with E-state index in [1.165, 1.54) is 6.07 Å². The summed E-state index contributed by atoms with van der Waals surface area (Å²) in [6, 6.07) is 4.86. The van der Waals surface area contributed by atoms with E-state index in [2.05, 4.69) is 4.98 Å². The molecule has 2 aliphatic heterocycles. The van der Waals surface area contributed by atoms with E-state index < -0.39 is 6.10 Å². The second-order valence-electron chi connectivity index (χ2n) is 5.87. The number of hydrogen-bond donors (Lipinski definition) is 1. The maximum Gasteiger partial charge on any atom is 0.143 e. The number of aromatic nitrogens is 2. The molecule has 2 aliphatic rings. The second-order valence-corrected chi connectivity index (χ2v) is 5.87. The van der Waals surface area contributed by atoms with E-state index in [1.54, 1.807) is 18.3 Å². The first-order chi connectivity index (χ1) is 10.6. The molecule has 0 radical (unpaired) electrons. The van der Waals surface area contributed by atoms with Crippen LogP contribution < -0.4 is 0 Å². The highest BCUT2D eigenvalue weighted by Gasteiger charge is 2.48. The van der Waals surface area contributed by atoms with Gasteiger partial charge in [0.1, 0.15) is 30.0 Å². The lowest BCUT2D eigenvalue weighted by Gasteiger charge is -2.20. The summed E-state index contributed by atoms with van der Waals surface area (Å²) in [7, 11) is 0. The molecule has 3 heterocycles. The molecule has 0 amide bonds. The summed E-state index contributed by atoms with van der Waals surface area (Å²) >= 11 is 0. The van der Waals surface area contributed by atoms with Crippen molar-refractivity contribution in [3.8, 4) is 11.4 Å². The van der Waals surface area contributed by atoms with Crippen LogP contribution in [0.15, 0.2) is 30.6 Å². The third-order valence-corrected chi connectivity index (χ3v) is 4.39. The van der Waals surface area contributed by atoms with Crippen LogP contribution >= 0.6 is 0 Å². The van der Waals surface area contributed by atoms with Crippen LogP contribution in [-0.2, 0) is 9.47 Å². The molecular weight excluding hydrogens is 287 g/mol. The Morgan fingerprint density at radius 2 is 2.09 bits per heavy atom. The molecule has 22 heavy (non-hydrogen) atoms. The fraction of sp³-hybridized carbons (Fsp3) is 0.438. The number of ether oxygens (including phenoxy) is 2.